The van der Waals surface area contributed by atoms with Gasteiger partial charge in [-0.1, -0.05) is 0 Å². The van der Waals surface area contributed by atoms with E-state index >= 15 is 0 Å². The molecule has 77 valence electrons. The van der Waals surface area contributed by atoms with E-state index < -0.39 is 0 Å². The van der Waals surface area contributed by atoms with E-state index in [4.69, 9.17) is 4.74 Å². The average molecular weight is 200 g/mol. The van der Waals surface area contributed by atoms with Crippen molar-refractivity contribution in [3.63, 3.8) is 0 Å². The molecule has 2 heteroatoms. The van der Waals surface area contributed by atoms with Crippen molar-refractivity contribution >= 4 is 10.9 Å². The van der Waals surface area contributed by atoms with Crippen LogP contribution in [0.15, 0.2) is 24.4 Å². The van der Waals surface area contributed by atoms with E-state index in [1.165, 1.54) is 23.7 Å². The Morgan fingerprint density at radius 3 is 3.07 bits per heavy atom. The molecule has 1 saturated carbocycles. The summed E-state index contributed by atoms with van der Waals surface area (Å²) in [5.41, 5.74) is 1.25. The average Bonchev–Trinajstić information content (AvgIpc) is 3.00. The monoisotopic (exact) mass is 200 g/mol. The first kappa shape index (κ1) is 8.84. The minimum atomic E-state index is 0.710. The van der Waals surface area contributed by atoms with Crippen molar-refractivity contribution in [2.45, 2.75) is 25.8 Å². The fourth-order valence-corrected chi connectivity index (χ4v) is 2.04. The van der Waals surface area contributed by atoms with Gasteiger partial charge in [-0.15, -0.1) is 0 Å². The summed E-state index contributed by atoms with van der Waals surface area (Å²) < 4.78 is 7.93. The van der Waals surface area contributed by atoms with Crippen LogP contribution in [-0.4, -0.2) is 11.2 Å². The van der Waals surface area contributed by atoms with E-state index in [9.17, 15) is 0 Å². The maximum atomic E-state index is 5.59. The number of rotatable bonds is 3. The highest BCUT2D eigenvalue weighted by Gasteiger charge is 2.24. The molecule has 1 aromatic carbocycles. The maximum absolute atomic E-state index is 5.59. The Morgan fingerprint density at radius 2 is 2.33 bits per heavy atom. The Balaban J connectivity index is 2.14. The summed E-state index contributed by atoms with van der Waals surface area (Å²) in [6.45, 7) is 2.72. The molecule has 0 spiro atoms. The van der Waals surface area contributed by atoms with Crippen LogP contribution in [0.2, 0.25) is 0 Å². The summed E-state index contributed by atoms with van der Waals surface area (Å²) in [6, 6.07) is 9.98. The van der Waals surface area contributed by atoms with E-state index in [1.54, 1.807) is 0 Å². The van der Waals surface area contributed by atoms with Gasteiger partial charge in [0.25, 0.3) is 0 Å². The SMILES string of the molecule is CCOc1c[c]cc2c1ccn2C1CC1. The van der Waals surface area contributed by atoms with Gasteiger partial charge in [0.05, 0.1) is 12.1 Å². The third kappa shape index (κ3) is 1.41. The molecule has 2 aromatic rings. The third-order valence-corrected chi connectivity index (χ3v) is 2.90. The van der Waals surface area contributed by atoms with Crippen molar-refractivity contribution in [3.05, 3.63) is 30.5 Å². The summed E-state index contributed by atoms with van der Waals surface area (Å²) >= 11 is 0. The maximum Gasteiger partial charge on any atom is 0.129 e. The van der Waals surface area contributed by atoms with Crippen LogP contribution < -0.4 is 4.74 Å². The van der Waals surface area contributed by atoms with Gasteiger partial charge in [-0.3, -0.25) is 0 Å². The van der Waals surface area contributed by atoms with Crippen molar-refractivity contribution < 1.29 is 4.74 Å². The molecule has 1 heterocycles. The molecule has 0 N–H and O–H groups in total. The molecule has 1 aromatic heterocycles. The topological polar surface area (TPSA) is 14.2 Å². The highest BCUT2D eigenvalue weighted by Crippen LogP contribution is 2.39. The first-order valence-electron chi connectivity index (χ1n) is 5.53. The van der Waals surface area contributed by atoms with Crippen LogP contribution in [0.25, 0.3) is 10.9 Å². The highest BCUT2D eigenvalue weighted by atomic mass is 16.5. The number of fused-ring (bicyclic) bond motifs is 1. The number of benzene rings is 1. The van der Waals surface area contributed by atoms with Crippen molar-refractivity contribution in [2.75, 3.05) is 6.61 Å². The van der Waals surface area contributed by atoms with Gasteiger partial charge >= 0.3 is 0 Å². The second-order valence-corrected chi connectivity index (χ2v) is 4.01. The van der Waals surface area contributed by atoms with Crippen molar-refractivity contribution in [1.82, 2.24) is 4.57 Å². The van der Waals surface area contributed by atoms with Gasteiger partial charge in [0, 0.05) is 17.6 Å². The fraction of sp³-hybridized carbons (Fsp3) is 0.385. The number of aromatic nitrogens is 1. The zero-order valence-electron chi connectivity index (χ0n) is 8.86. The standard InChI is InChI=1S/C13H14NO/c1-2-15-13-5-3-4-12-11(13)8-9-14(12)10-6-7-10/h4-5,8-10H,2,6-7H2,1H3. The Morgan fingerprint density at radius 1 is 1.47 bits per heavy atom. The lowest BCUT2D eigenvalue weighted by molar-refractivity contribution is 0.344. The largest absolute Gasteiger partial charge is 0.493 e. The quantitative estimate of drug-likeness (QED) is 0.742. The molecule has 0 saturated heterocycles. The molecule has 15 heavy (non-hydrogen) atoms. The second-order valence-electron chi connectivity index (χ2n) is 4.01. The summed E-state index contributed by atoms with van der Waals surface area (Å²) in [5.74, 6) is 0.953. The molecule has 1 fully saturated rings. The number of nitrogens with zero attached hydrogens (tertiary/aromatic N) is 1. The van der Waals surface area contributed by atoms with Crippen molar-refractivity contribution in [3.8, 4) is 5.75 Å². The predicted molar refractivity (Wildman–Crippen MR) is 60.2 cm³/mol. The van der Waals surface area contributed by atoms with Crippen LogP contribution in [0, 0.1) is 6.07 Å². The Kier molecular flexibility index (Phi) is 1.94. The molecule has 0 atom stereocenters. The van der Waals surface area contributed by atoms with Crippen LogP contribution in [0.1, 0.15) is 25.8 Å². The van der Waals surface area contributed by atoms with Crippen LogP contribution in [0.3, 0.4) is 0 Å². The molecule has 1 radical (unpaired) electrons. The predicted octanol–water partition coefficient (Wildman–Crippen LogP) is 3.18. The minimum Gasteiger partial charge on any atom is -0.493 e. The number of hydrogen-bond acceptors (Lipinski definition) is 1. The molecule has 0 unspecified atom stereocenters. The van der Waals surface area contributed by atoms with E-state index in [2.05, 4.69) is 29.0 Å². The zero-order valence-corrected chi connectivity index (χ0v) is 8.86. The summed E-state index contributed by atoms with van der Waals surface area (Å²) in [4.78, 5) is 0. The molecule has 2 nitrogen and oxygen atoms in total. The number of hydrogen-bond donors (Lipinski definition) is 0. The van der Waals surface area contributed by atoms with E-state index in [0.717, 1.165) is 5.75 Å². The zero-order chi connectivity index (χ0) is 10.3. The van der Waals surface area contributed by atoms with E-state index in [0.29, 0.717) is 12.6 Å². The fourth-order valence-electron chi connectivity index (χ4n) is 2.04. The molecule has 0 amide bonds. The van der Waals surface area contributed by atoms with E-state index in [-0.39, 0.29) is 0 Å². The van der Waals surface area contributed by atoms with Crippen LogP contribution >= 0.6 is 0 Å². The molecule has 3 rings (SSSR count). The van der Waals surface area contributed by atoms with Gasteiger partial charge in [0.15, 0.2) is 0 Å². The summed E-state index contributed by atoms with van der Waals surface area (Å²) in [5, 5.41) is 1.21. The lowest BCUT2D eigenvalue weighted by Gasteiger charge is -2.06. The van der Waals surface area contributed by atoms with Gasteiger partial charge in [-0.05, 0) is 44.0 Å². The highest BCUT2D eigenvalue weighted by molar-refractivity contribution is 5.86. The third-order valence-electron chi connectivity index (χ3n) is 2.90. The molecule has 0 aliphatic heterocycles. The normalized spacial score (nSPS) is 15.8. The Labute approximate surface area is 89.5 Å². The second kappa shape index (κ2) is 3.30. The molecular formula is C13H14NO. The Hall–Kier alpha value is -1.44. The first-order valence-corrected chi connectivity index (χ1v) is 5.53. The van der Waals surface area contributed by atoms with Gasteiger partial charge in [0.1, 0.15) is 5.75 Å². The van der Waals surface area contributed by atoms with Crippen LogP contribution in [0.4, 0.5) is 0 Å². The van der Waals surface area contributed by atoms with Crippen LogP contribution in [0.5, 0.6) is 5.75 Å². The van der Waals surface area contributed by atoms with Gasteiger partial charge in [-0.2, -0.15) is 0 Å². The van der Waals surface area contributed by atoms with Gasteiger partial charge in [0.2, 0.25) is 0 Å². The van der Waals surface area contributed by atoms with Crippen molar-refractivity contribution in [1.29, 1.82) is 0 Å². The summed E-state index contributed by atoms with van der Waals surface area (Å²) in [7, 11) is 0. The van der Waals surface area contributed by atoms with Crippen LogP contribution in [-0.2, 0) is 0 Å². The Bertz CT molecular complexity index is 482. The molecule has 0 bridgehead atoms. The van der Waals surface area contributed by atoms with Gasteiger partial charge < -0.3 is 9.30 Å². The molecule has 1 aliphatic carbocycles. The molecular weight excluding hydrogens is 186 g/mol. The minimum absolute atomic E-state index is 0.710. The van der Waals surface area contributed by atoms with Crippen molar-refractivity contribution in [2.24, 2.45) is 0 Å². The van der Waals surface area contributed by atoms with Gasteiger partial charge in [-0.25, -0.2) is 0 Å². The smallest absolute Gasteiger partial charge is 0.129 e. The lowest BCUT2D eigenvalue weighted by atomic mass is 10.2. The first-order chi connectivity index (χ1) is 7.40. The summed E-state index contributed by atoms with van der Waals surface area (Å²) in [6.07, 6.45) is 4.78. The molecule has 1 aliphatic rings. The van der Waals surface area contributed by atoms with E-state index in [1.807, 2.05) is 13.0 Å². The number of ether oxygens (including phenoxy) is 1. The lowest BCUT2D eigenvalue weighted by Crippen LogP contribution is -1.93.